The fourth-order valence-electron chi connectivity index (χ4n) is 1.19. The smallest absolute Gasteiger partial charge is 0.127 e. The molecule has 0 radical (unpaired) electrons. The van der Waals surface area contributed by atoms with Gasteiger partial charge in [-0.2, -0.15) is 0 Å². The van der Waals surface area contributed by atoms with Gasteiger partial charge in [0.15, 0.2) is 0 Å². The molecule has 0 aliphatic heterocycles. The molecule has 0 N–H and O–H groups in total. The lowest BCUT2D eigenvalue weighted by molar-refractivity contribution is 0.412. The predicted molar refractivity (Wildman–Crippen MR) is 60.4 cm³/mol. The summed E-state index contributed by atoms with van der Waals surface area (Å²) in [5, 5.41) is 0. The zero-order valence-corrected chi connectivity index (χ0v) is 8.47. The van der Waals surface area contributed by atoms with E-state index in [9.17, 15) is 0 Å². The minimum absolute atomic E-state index is 0.775. The molecule has 1 aromatic rings. The van der Waals surface area contributed by atoms with E-state index in [1.54, 1.807) is 19.3 Å². The van der Waals surface area contributed by atoms with Crippen LogP contribution in [0.25, 0.3) is 12.2 Å². The molecule has 2 heteroatoms. The molecule has 0 bridgehead atoms. The maximum Gasteiger partial charge on any atom is 0.127 e. The fourth-order valence-corrected chi connectivity index (χ4v) is 1.45. The molecule has 1 rings (SSSR count). The van der Waals surface area contributed by atoms with Crippen molar-refractivity contribution in [3.05, 3.63) is 36.4 Å². The van der Waals surface area contributed by atoms with E-state index in [1.165, 1.54) is 0 Å². The molecule has 0 saturated carbocycles. The Morgan fingerprint density at radius 3 is 2.46 bits per heavy atom. The number of thiol groups is 1. The van der Waals surface area contributed by atoms with Gasteiger partial charge in [0.05, 0.1) is 7.11 Å². The molecule has 0 atom stereocenters. The van der Waals surface area contributed by atoms with E-state index in [1.807, 2.05) is 12.1 Å². The maximum atomic E-state index is 5.19. The van der Waals surface area contributed by atoms with Crippen LogP contribution in [0.1, 0.15) is 11.1 Å². The third-order valence-corrected chi connectivity index (χ3v) is 2.06. The average Bonchev–Trinajstić information content (AvgIpc) is 2.16. The largest absolute Gasteiger partial charge is 0.496 e. The summed E-state index contributed by atoms with van der Waals surface area (Å²) in [5.41, 5.74) is 1.94. The van der Waals surface area contributed by atoms with Gasteiger partial charge in [-0.05, 0) is 17.7 Å². The Bertz CT molecular complexity index is 342. The molecule has 0 aliphatic rings. The molecule has 0 unspecified atom stereocenters. The molecule has 0 heterocycles. The highest BCUT2D eigenvalue weighted by atomic mass is 32.1. The van der Waals surface area contributed by atoms with E-state index in [4.69, 9.17) is 4.74 Å². The summed E-state index contributed by atoms with van der Waals surface area (Å²) < 4.78 is 5.19. The maximum absolute atomic E-state index is 5.19. The molecule has 68 valence electrons. The Labute approximate surface area is 84.1 Å². The van der Waals surface area contributed by atoms with Crippen LogP contribution in [0.3, 0.4) is 0 Å². The van der Waals surface area contributed by atoms with Gasteiger partial charge < -0.3 is 4.74 Å². The average molecular weight is 192 g/mol. The molecule has 0 aromatic heterocycles. The van der Waals surface area contributed by atoms with Crippen LogP contribution in [-0.2, 0) is 0 Å². The van der Waals surface area contributed by atoms with Crippen LogP contribution in [0.2, 0.25) is 0 Å². The van der Waals surface area contributed by atoms with Gasteiger partial charge in [-0.25, -0.2) is 0 Å². The van der Waals surface area contributed by atoms with E-state index in [2.05, 4.69) is 25.8 Å². The first-order chi connectivity index (χ1) is 6.22. The zero-order valence-electron chi connectivity index (χ0n) is 7.58. The number of ether oxygens (including phenoxy) is 1. The minimum atomic E-state index is 0.775. The number of benzene rings is 1. The molecular formula is C11H12OS. The Balaban J connectivity index is 3.41. The van der Waals surface area contributed by atoms with Crippen LogP contribution in [0.15, 0.2) is 30.2 Å². The zero-order chi connectivity index (χ0) is 9.84. The normalized spacial score (nSPS) is 9.38. The molecule has 0 fully saturated rings. The van der Waals surface area contributed by atoms with Crippen molar-refractivity contribution in [3.8, 4) is 5.75 Å². The van der Waals surface area contributed by atoms with E-state index < -0.39 is 0 Å². The van der Waals surface area contributed by atoms with Crippen LogP contribution in [0, 0.1) is 0 Å². The highest BCUT2D eigenvalue weighted by molar-refractivity contribution is 7.80. The van der Waals surface area contributed by atoms with Crippen LogP contribution in [-0.4, -0.2) is 7.11 Å². The predicted octanol–water partition coefficient (Wildman–Crippen LogP) is 3.27. The molecule has 1 aromatic carbocycles. The summed E-state index contributed by atoms with van der Waals surface area (Å²) in [7, 11) is 1.63. The van der Waals surface area contributed by atoms with Crippen molar-refractivity contribution in [3.63, 3.8) is 0 Å². The van der Waals surface area contributed by atoms with Crippen molar-refractivity contribution in [2.75, 3.05) is 7.11 Å². The highest BCUT2D eigenvalue weighted by Gasteiger charge is 2.04. The van der Waals surface area contributed by atoms with Crippen molar-refractivity contribution >= 4 is 24.8 Å². The first-order valence-electron chi connectivity index (χ1n) is 3.88. The molecule has 0 aliphatic carbocycles. The van der Waals surface area contributed by atoms with Crippen LogP contribution < -0.4 is 4.74 Å². The lowest BCUT2D eigenvalue weighted by atomic mass is 10.1. The van der Waals surface area contributed by atoms with Crippen molar-refractivity contribution in [1.82, 2.24) is 0 Å². The Morgan fingerprint density at radius 2 is 2.00 bits per heavy atom. The van der Waals surface area contributed by atoms with E-state index >= 15 is 0 Å². The van der Waals surface area contributed by atoms with Gasteiger partial charge >= 0.3 is 0 Å². The monoisotopic (exact) mass is 192 g/mol. The molecular weight excluding hydrogens is 180 g/mol. The van der Waals surface area contributed by atoms with Gasteiger partial charge in [-0.3, -0.25) is 0 Å². The van der Waals surface area contributed by atoms with Gasteiger partial charge in [-0.1, -0.05) is 25.3 Å². The number of rotatable bonds is 3. The SMILES string of the molecule is C=Cc1cc(S)cc(OC)c1C=C. The standard InChI is InChI=1S/C11H12OS/c1-4-8-6-9(13)7-11(12-3)10(8)5-2/h4-7,13H,1-2H2,3H3. The summed E-state index contributed by atoms with van der Waals surface area (Å²) in [5.74, 6) is 0.775. The quantitative estimate of drug-likeness (QED) is 0.723. The number of hydrogen-bond donors (Lipinski definition) is 1. The topological polar surface area (TPSA) is 9.23 Å². The van der Waals surface area contributed by atoms with Crippen molar-refractivity contribution in [2.24, 2.45) is 0 Å². The van der Waals surface area contributed by atoms with Gasteiger partial charge in [0.2, 0.25) is 0 Å². The Morgan fingerprint density at radius 1 is 1.31 bits per heavy atom. The van der Waals surface area contributed by atoms with Gasteiger partial charge in [-0.15, -0.1) is 12.6 Å². The van der Waals surface area contributed by atoms with Crippen LogP contribution in [0.5, 0.6) is 5.75 Å². The van der Waals surface area contributed by atoms with Crippen LogP contribution >= 0.6 is 12.6 Å². The van der Waals surface area contributed by atoms with Crippen molar-refractivity contribution < 1.29 is 4.74 Å². The van der Waals surface area contributed by atoms with Crippen LogP contribution in [0.4, 0.5) is 0 Å². The van der Waals surface area contributed by atoms with E-state index in [-0.39, 0.29) is 0 Å². The van der Waals surface area contributed by atoms with Gasteiger partial charge in [0.25, 0.3) is 0 Å². The Kier molecular flexibility index (Phi) is 3.20. The molecule has 1 nitrogen and oxygen atoms in total. The lowest BCUT2D eigenvalue weighted by Gasteiger charge is -2.08. The van der Waals surface area contributed by atoms with Crippen molar-refractivity contribution in [2.45, 2.75) is 4.90 Å². The summed E-state index contributed by atoms with van der Waals surface area (Å²) in [6, 6.07) is 3.78. The number of hydrogen-bond acceptors (Lipinski definition) is 2. The molecule has 13 heavy (non-hydrogen) atoms. The van der Waals surface area contributed by atoms with Gasteiger partial charge in [0, 0.05) is 10.5 Å². The Hall–Kier alpha value is -1.15. The summed E-state index contributed by atoms with van der Waals surface area (Å²) in [6.07, 6.45) is 3.52. The second kappa shape index (κ2) is 4.19. The van der Waals surface area contributed by atoms with Crippen molar-refractivity contribution in [1.29, 1.82) is 0 Å². The van der Waals surface area contributed by atoms with Gasteiger partial charge in [0.1, 0.15) is 5.75 Å². The fraction of sp³-hybridized carbons (Fsp3) is 0.0909. The van der Waals surface area contributed by atoms with E-state index in [0.29, 0.717) is 0 Å². The number of methoxy groups -OCH3 is 1. The summed E-state index contributed by atoms with van der Waals surface area (Å²) in [4.78, 5) is 0.859. The second-order valence-electron chi connectivity index (χ2n) is 2.56. The molecule has 0 spiro atoms. The van der Waals surface area contributed by atoms with E-state index in [0.717, 1.165) is 21.8 Å². The third kappa shape index (κ3) is 1.95. The summed E-state index contributed by atoms with van der Waals surface area (Å²) in [6.45, 7) is 7.44. The molecule has 0 amide bonds. The first-order valence-corrected chi connectivity index (χ1v) is 4.33. The minimum Gasteiger partial charge on any atom is -0.496 e. The second-order valence-corrected chi connectivity index (χ2v) is 3.08. The lowest BCUT2D eigenvalue weighted by Crippen LogP contribution is -1.90. The third-order valence-electron chi connectivity index (χ3n) is 1.80. The molecule has 0 saturated heterocycles. The highest BCUT2D eigenvalue weighted by Crippen LogP contribution is 2.27. The first kappa shape index (κ1) is 9.93. The summed E-state index contributed by atoms with van der Waals surface area (Å²) >= 11 is 4.26.